The van der Waals surface area contributed by atoms with Crippen LogP contribution in [0, 0.1) is 0 Å². The lowest BCUT2D eigenvalue weighted by Crippen LogP contribution is -2.49. The van der Waals surface area contributed by atoms with Crippen molar-refractivity contribution in [3.05, 3.63) is 103 Å². The average Bonchev–Trinajstić information content (AvgIpc) is 3.41. The fourth-order valence-electron chi connectivity index (χ4n) is 5.50. The van der Waals surface area contributed by atoms with Crippen molar-refractivity contribution < 1.29 is 9.53 Å². The third-order valence-corrected chi connectivity index (χ3v) is 7.84. The van der Waals surface area contributed by atoms with E-state index in [1.54, 1.807) is 13.4 Å². The Morgan fingerprint density at radius 2 is 1.59 bits per heavy atom. The number of piperazine rings is 1. The molecular formula is C34H35N5O2. The van der Waals surface area contributed by atoms with Gasteiger partial charge in [-0.2, -0.15) is 0 Å². The summed E-state index contributed by atoms with van der Waals surface area (Å²) in [6.45, 7) is 9.18. The zero-order chi connectivity index (χ0) is 28.6. The molecule has 0 unspecified atom stereocenters. The van der Waals surface area contributed by atoms with Crippen molar-refractivity contribution in [2.45, 2.75) is 26.2 Å². The fraction of sp³-hybridized carbons (Fsp3) is 0.265. The first kappa shape index (κ1) is 26.6. The maximum Gasteiger partial charge on any atom is 0.253 e. The molecule has 0 atom stereocenters. The van der Waals surface area contributed by atoms with E-state index in [1.165, 1.54) is 5.56 Å². The van der Waals surface area contributed by atoms with Crippen LogP contribution in [0.25, 0.3) is 27.8 Å². The molecule has 0 aliphatic carbocycles. The normalized spacial score (nSPS) is 14.0. The summed E-state index contributed by atoms with van der Waals surface area (Å²) in [5.41, 5.74) is 5.98. The van der Waals surface area contributed by atoms with Crippen LogP contribution in [0.3, 0.4) is 0 Å². The largest absolute Gasteiger partial charge is 0.497 e. The highest BCUT2D eigenvalue weighted by Gasteiger charge is 2.27. The molecule has 208 valence electrons. The molecule has 7 heteroatoms. The van der Waals surface area contributed by atoms with Crippen molar-refractivity contribution in [2.75, 3.05) is 38.2 Å². The molecule has 0 bridgehead atoms. The summed E-state index contributed by atoms with van der Waals surface area (Å²) in [5, 5.41) is 0.999. The molecular weight excluding hydrogens is 510 g/mol. The number of aromatic nitrogens is 3. The molecule has 0 N–H and O–H groups in total. The highest BCUT2D eigenvalue weighted by Crippen LogP contribution is 2.37. The molecule has 1 aliphatic heterocycles. The molecule has 0 spiro atoms. The Labute approximate surface area is 241 Å². The molecule has 0 saturated carbocycles. The van der Waals surface area contributed by atoms with Gasteiger partial charge >= 0.3 is 0 Å². The molecule has 0 radical (unpaired) electrons. The monoisotopic (exact) mass is 545 g/mol. The number of carbonyl (C=O) groups is 1. The molecule has 1 saturated heterocycles. The first-order valence-electron chi connectivity index (χ1n) is 14.0. The minimum absolute atomic E-state index is 0.0558. The minimum atomic E-state index is 0.0558. The topological polar surface area (TPSA) is 63.5 Å². The van der Waals surface area contributed by atoms with Gasteiger partial charge in [0, 0.05) is 49.6 Å². The number of hydrogen-bond donors (Lipinski definition) is 0. The Morgan fingerprint density at radius 3 is 2.27 bits per heavy atom. The van der Waals surface area contributed by atoms with Crippen LogP contribution in [-0.2, 0) is 5.41 Å². The Morgan fingerprint density at radius 1 is 0.854 bits per heavy atom. The number of methoxy groups -OCH3 is 1. The summed E-state index contributed by atoms with van der Waals surface area (Å²) in [6.07, 6.45) is 3.77. The zero-order valence-corrected chi connectivity index (χ0v) is 24.0. The molecule has 5 aromatic rings. The summed E-state index contributed by atoms with van der Waals surface area (Å²) >= 11 is 0. The summed E-state index contributed by atoms with van der Waals surface area (Å²) in [6, 6.07) is 26.4. The lowest BCUT2D eigenvalue weighted by Gasteiger charge is -2.35. The van der Waals surface area contributed by atoms with Crippen molar-refractivity contribution in [3.8, 4) is 22.6 Å². The standard InChI is InChI=1S/C34H35N5O2/c1-34(2,3)26-15-13-25(14-16-26)33(40)38-19-17-37(18-20-38)31-30-29(24-9-6-5-7-10-24)22-39(32(30)36-23-35-31)27-11-8-12-28(21-27)41-4/h5-16,21-23H,17-20H2,1-4H3. The number of hydrogen-bond acceptors (Lipinski definition) is 5. The van der Waals surface area contributed by atoms with Crippen LogP contribution in [0.5, 0.6) is 5.75 Å². The predicted octanol–water partition coefficient (Wildman–Crippen LogP) is 6.36. The van der Waals surface area contributed by atoms with Crippen molar-refractivity contribution in [1.29, 1.82) is 0 Å². The van der Waals surface area contributed by atoms with Crippen LogP contribution in [0.15, 0.2) is 91.4 Å². The van der Waals surface area contributed by atoms with Gasteiger partial charge in [-0.1, -0.05) is 69.3 Å². The Balaban J connectivity index is 1.32. The smallest absolute Gasteiger partial charge is 0.253 e. The van der Waals surface area contributed by atoms with E-state index in [0.717, 1.165) is 45.0 Å². The van der Waals surface area contributed by atoms with E-state index < -0.39 is 0 Å². The summed E-state index contributed by atoms with van der Waals surface area (Å²) in [4.78, 5) is 27.1. The van der Waals surface area contributed by atoms with Crippen LogP contribution in [0.4, 0.5) is 5.82 Å². The number of amides is 1. The second kappa shape index (κ2) is 10.7. The first-order valence-corrected chi connectivity index (χ1v) is 14.0. The van der Waals surface area contributed by atoms with Crippen LogP contribution >= 0.6 is 0 Å². The van der Waals surface area contributed by atoms with Crippen molar-refractivity contribution >= 4 is 22.8 Å². The summed E-state index contributed by atoms with van der Waals surface area (Å²) < 4.78 is 7.60. The van der Waals surface area contributed by atoms with Crippen molar-refractivity contribution in [2.24, 2.45) is 0 Å². The van der Waals surface area contributed by atoms with Crippen molar-refractivity contribution in [3.63, 3.8) is 0 Å². The second-order valence-electron chi connectivity index (χ2n) is 11.5. The van der Waals surface area contributed by atoms with Gasteiger partial charge in [-0.25, -0.2) is 9.97 Å². The first-order chi connectivity index (χ1) is 19.8. The molecule has 2 aromatic heterocycles. The molecule has 3 heterocycles. The van der Waals surface area contributed by atoms with E-state index in [4.69, 9.17) is 14.7 Å². The van der Waals surface area contributed by atoms with E-state index in [1.807, 2.05) is 53.4 Å². The summed E-state index contributed by atoms with van der Waals surface area (Å²) in [7, 11) is 1.67. The molecule has 41 heavy (non-hydrogen) atoms. The third-order valence-electron chi connectivity index (χ3n) is 7.84. The predicted molar refractivity (Wildman–Crippen MR) is 164 cm³/mol. The fourth-order valence-corrected chi connectivity index (χ4v) is 5.50. The molecule has 1 fully saturated rings. The number of rotatable bonds is 5. The number of anilines is 1. The van der Waals surface area contributed by atoms with Crippen LogP contribution in [0.1, 0.15) is 36.7 Å². The van der Waals surface area contributed by atoms with E-state index in [-0.39, 0.29) is 11.3 Å². The Hall–Kier alpha value is -4.65. The maximum atomic E-state index is 13.3. The van der Waals surface area contributed by atoms with Gasteiger partial charge in [0.1, 0.15) is 17.9 Å². The number of carbonyl (C=O) groups excluding carboxylic acids is 1. The quantitative estimate of drug-likeness (QED) is 0.257. The Bertz CT molecular complexity index is 1680. The van der Waals surface area contributed by atoms with Gasteiger partial charge in [0.2, 0.25) is 0 Å². The van der Waals surface area contributed by atoms with E-state index >= 15 is 0 Å². The van der Waals surface area contributed by atoms with Crippen LogP contribution in [-0.4, -0.2) is 58.6 Å². The average molecular weight is 546 g/mol. The SMILES string of the molecule is COc1cccc(-n2cc(-c3ccccc3)c3c(N4CCN(C(=O)c5ccc(C(C)(C)C)cc5)CC4)ncnc32)c1. The van der Waals surface area contributed by atoms with Crippen LogP contribution < -0.4 is 9.64 Å². The van der Waals surface area contributed by atoms with E-state index in [2.05, 4.69) is 66.8 Å². The lowest BCUT2D eigenvalue weighted by molar-refractivity contribution is 0.0746. The Kier molecular flexibility index (Phi) is 6.95. The van der Waals surface area contributed by atoms with Gasteiger partial charge in [-0.05, 0) is 40.8 Å². The number of fused-ring (bicyclic) bond motifs is 1. The third kappa shape index (κ3) is 5.15. The van der Waals surface area contributed by atoms with Gasteiger partial charge < -0.3 is 19.1 Å². The van der Waals surface area contributed by atoms with Gasteiger partial charge in [-0.15, -0.1) is 0 Å². The number of benzene rings is 3. The lowest BCUT2D eigenvalue weighted by atomic mass is 9.86. The van der Waals surface area contributed by atoms with Gasteiger partial charge in [0.25, 0.3) is 5.91 Å². The minimum Gasteiger partial charge on any atom is -0.497 e. The molecule has 1 aliphatic rings. The maximum absolute atomic E-state index is 13.3. The molecule has 3 aromatic carbocycles. The van der Waals surface area contributed by atoms with E-state index in [0.29, 0.717) is 26.2 Å². The molecule has 6 rings (SSSR count). The highest BCUT2D eigenvalue weighted by molar-refractivity contribution is 6.02. The van der Waals surface area contributed by atoms with Gasteiger partial charge in [0.05, 0.1) is 18.2 Å². The molecule has 1 amide bonds. The molecule has 7 nitrogen and oxygen atoms in total. The second-order valence-corrected chi connectivity index (χ2v) is 11.5. The zero-order valence-electron chi connectivity index (χ0n) is 24.0. The van der Waals surface area contributed by atoms with Gasteiger partial charge in [-0.3, -0.25) is 4.79 Å². The number of nitrogens with zero attached hydrogens (tertiary/aromatic N) is 5. The summed E-state index contributed by atoms with van der Waals surface area (Å²) in [5.74, 6) is 1.75. The van der Waals surface area contributed by atoms with Gasteiger partial charge in [0.15, 0.2) is 5.65 Å². The highest BCUT2D eigenvalue weighted by atomic mass is 16.5. The van der Waals surface area contributed by atoms with E-state index in [9.17, 15) is 4.79 Å². The van der Waals surface area contributed by atoms with Crippen molar-refractivity contribution in [1.82, 2.24) is 19.4 Å². The number of ether oxygens (including phenoxy) is 1. The van der Waals surface area contributed by atoms with Crippen LogP contribution in [0.2, 0.25) is 0 Å².